The van der Waals surface area contributed by atoms with E-state index < -0.39 is 29.2 Å². The average Bonchev–Trinajstić information content (AvgIpc) is 2.49. The minimum absolute atomic E-state index is 0.337. The molecule has 0 saturated heterocycles. The molecular weight excluding hydrogens is 345 g/mol. The standard InChI is InChI=1S/C16H12ClF3N2O2/c1-9-8-10(17)6-7-12(9)21-14(23)15(24)22-13-5-3-2-4-11(13)16(18,19)20/h2-8H,1H3,(H,21,23)(H,22,24). The lowest BCUT2D eigenvalue weighted by molar-refractivity contribution is -0.137. The summed E-state index contributed by atoms with van der Waals surface area (Å²) in [5.41, 5.74) is -0.574. The van der Waals surface area contributed by atoms with E-state index in [9.17, 15) is 22.8 Å². The Bertz CT molecular complexity index is 791. The quantitative estimate of drug-likeness (QED) is 0.790. The van der Waals surface area contributed by atoms with Crippen molar-refractivity contribution in [2.45, 2.75) is 13.1 Å². The van der Waals surface area contributed by atoms with Crippen LogP contribution in [0.2, 0.25) is 5.02 Å². The van der Waals surface area contributed by atoms with Gasteiger partial charge in [-0.05, 0) is 42.8 Å². The van der Waals surface area contributed by atoms with Gasteiger partial charge in [0.05, 0.1) is 11.3 Å². The van der Waals surface area contributed by atoms with Gasteiger partial charge in [0.25, 0.3) is 0 Å². The Labute approximate surface area is 140 Å². The van der Waals surface area contributed by atoms with Crippen LogP contribution in [0.1, 0.15) is 11.1 Å². The van der Waals surface area contributed by atoms with Crippen LogP contribution in [0.25, 0.3) is 0 Å². The number of carbonyl (C=O) groups excluding carboxylic acids is 2. The lowest BCUT2D eigenvalue weighted by Crippen LogP contribution is -2.30. The monoisotopic (exact) mass is 356 g/mol. The number of benzene rings is 2. The normalized spacial score (nSPS) is 11.0. The average molecular weight is 357 g/mol. The van der Waals surface area contributed by atoms with Crippen LogP contribution >= 0.6 is 11.6 Å². The highest BCUT2D eigenvalue weighted by atomic mass is 35.5. The van der Waals surface area contributed by atoms with Gasteiger partial charge in [0, 0.05) is 10.7 Å². The van der Waals surface area contributed by atoms with Crippen LogP contribution in [0.3, 0.4) is 0 Å². The molecule has 0 heterocycles. The van der Waals surface area contributed by atoms with Crippen molar-refractivity contribution in [3.05, 3.63) is 58.6 Å². The van der Waals surface area contributed by atoms with Gasteiger partial charge in [-0.1, -0.05) is 23.7 Å². The van der Waals surface area contributed by atoms with Crippen LogP contribution in [0, 0.1) is 6.92 Å². The molecule has 4 nitrogen and oxygen atoms in total. The molecule has 0 aliphatic carbocycles. The number of alkyl halides is 3. The third-order valence-corrected chi connectivity index (χ3v) is 3.36. The maximum Gasteiger partial charge on any atom is 0.418 e. The van der Waals surface area contributed by atoms with Crippen LogP contribution in [0.4, 0.5) is 24.5 Å². The third-order valence-electron chi connectivity index (χ3n) is 3.12. The molecule has 2 rings (SSSR count). The number of nitrogens with one attached hydrogen (secondary N) is 2. The van der Waals surface area contributed by atoms with E-state index >= 15 is 0 Å². The van der Waals surface area contributed by atoms with Gasteiger partial charge in [-0.25, -0.2) is 0 Å². The van der Waals surface area contributed by atoms with Crippen molar-refractivity contribution in [1.82, 2.24) is 0 Å². The molecule has 8 heteroatoms. The Morgan fingerprint density at radius 2 is 1.54 bits per heavy atom. The molecule has 0 aromatic heterocycles. The Kier molecular flexibility index (Phi) is 5.14. The first-order valence-electron chi connectivity index (χ1n) is 6.73. The maximum atomic E-state index is 12.9. The summed E-state index contributed by atoms with van der Waals surface area (Å²) in [6, 6.07) is 8.99. The summed E-state index contributed by atoms with van der Waals surface area (Å²) < 4.78 is 38.6. The number of hydrogen-bond donors (Lipinski definition) is 2. The molecule has 2 aromatic carbocycles. The molecule has 0 aliphatic rings. The van der Waals surface area contributed by atoms with Gasteiger partial charge in [0.15, 0.2) is 0 Å². The van der Waals surface area contributed by atoms with E-state index in [1.165, 1.54) is 24.3 Å². The van der Waals surface area contributed by atoms with Gasteiger partial charge >= 0.3 is 18.0 Å². The maximum absolute atomic E-state index is 12.9. The van der Waals surface area contributed by atoms with Gasteiger partial charge in [0.2, 0.25) is 0 Å². The SMILES string of the molecule is Cc1cc(Cl)ccc1NC(=O)C(=O)Nc1ccccc1C(F)(F)F. The van der Waals surface area contributed by atoms with Crippen molar-refractivity contribution in [3.8, 4) is 0 Å². The fourth-order valence-electron chi connectivity index (χ4n) is 1.96. The van der Waals surface area contributed by atoms with Gasteiger partial charge in [-0.3, -0.25) is 9.59 Å². The summed E-state index contributed by atoms with van der Waals surface area (Å²) in [5.74, 6) is -2.29. The molecule has 0 atom stereocenters. The Morgan fingerprint density at radius 3 is 2.12 bits per heavy atom. The predicted octanol–water partition coefficient (Wildman–Crippen LogP) is 4.24. The smallest absolute Gasteiger partial charge is 0.318 e. The number of anilines is 2. The minimum atomic E-state index is -4.65. The second-order valence-electron chi connectivity index (χ2n) is 4.91. The molecule has 24 heavy (non-hydrogen) atoms. The van der Waals surface area contributed by atoms with E-state index in [4.69, 9.17) is 11.6 Å². The molecule has 0 aliphatic heterocycles. The molecule has 2 aromatic rings. The van der Waals surface area contributed by atoms with Gasteiger partial charge in [-0.15, -0.1) is 0 Å². The van der Waals surface area contributed by atoms with E-state index in [0.29, 0.717) is 16.3 Å². The number of amides is 2. The van der Waals surface area contributed by atoms with E-state index in [-0.39, 0.29) is 0 Å². The first-order valence-corrected chi connectivity index (χ1v) is 7.11. The highest BCUT2D eigenvalue weighted by molar-refractivity contribution is 6.43. The first kappa shape index (κ1) is 17.8. The molecule has 0 spiro atoms. The molecule has 126 valence electrons. The van der Waals surface area contributed by atoms with Crippen molar-refractivity contribution >= 4 is 34.8 Å². The zero-order valence-corrected chi connectivity index (χ0v) is 13.1. The van der Waals surface area contributed by atoms with Crippen molar-refractivity contribution in [3.63, 3.8) is 0 Å². The Morgan fingerprint density at radius 1 is 0.958 bits per heavy atom. The summed E-state index contributed by atoms with van der Waals surface area (Å²) in [5, 5.41) is 4.75. The summed E-state index contributed by atoms with van der Waals surface area (Å²) in [6.45, 7) is 1.67. The molecule has 0 radical (unpaired) electrons. The molecule has 0 fully saturated rings. The van der Waals surface area contributed by atoms with Crippen LogP contribution < -0.4 is 10.6 Å². The number of para-hydroxylation sites is 1. The molecular formula is C16H12ClF3N2O2. The molecule has 0 bridgehead atoms. The van der Waals surface area contributed by atoms with Crippen molar-refractivity contribution in [2.24, 2.45) is 0 Å². The van der Waals surface area contributed by atoms with Crippen molar-refractivity contribution in [2.75, 3.05) is 10.6 Å². The largest absolute Gasteiger partial charge is 0.418 e. The predicted molar refractivity (Wildman–Crippen MR) is 84.9 cm³/mol. The zero-order chi connectivity index (χ0) is 17.9. The number of hydrogen-bond acceptors (Lipinski definition) is 2. The number of aryl methyl sites for hydroxylation is 1. The van der Waals surface area contributed by atoms with Crippen molar-refractivity contribution in [1.29, 1.82) is 0 Å². The fourth-order valence-corrected chi connectivity index (χ4v) is 2.19. The number of halogens is 4. The van der Waals surface area contributed by atoms with Crippen molar-refractivity contribution < 1.29 is 22.8 Å². The van der Waals surface area contributed by atoms with Gasteiger partial charge in [0.1, 0.15) is 0 Å². The lowest BCUT2D eigenvalue weighted by Gasteiger charge is -2.13. The summed E-state index contributed by atoms with van der Waals surface area (Å²) in [4.78, 5) is 23.7. The third kappa shape index (κ3) is 4.26. The second kappa shape index (κ2) is 6.92. The molecule has 2 N–H and O–H groups in total. The number of carbonyl (C=O) groups is 2. The topological polar surface area (TPSA) is 58.2 Å². The first-order chi connectivity index (χ1) is 11.2. The fraction of sp³-hybridized carbons (Fsp3) is 0.125. The van der Waals surface area contributed by atoms with Crippen LogP contribution in [0.15, 0.2) is 42.5 Å². The van der Waals surface area contributed by atoms with Gasteiger partial charge < -0.3 is 10.6 Å². The van der Waals surface area contributed by atoms with Crippen LogP contribution in [0.5, 0.6) is 0 Å². The van der Waals surface area contributed by atoms with E-state index in [1.54, 1.807) is 13.0 Å². The van der Waals surface area contributed by atoms with E-state index in [0.717, 1.165) is 12.1 Å². The minimum Gasteiger partial charge on any atom is -0.318 e. The highest BCUT2D eigenvalue weighted by Crippen LogP contribution is 2.34. The van der Waals surface area contributed by atoms with Gasteiger partial charge in [-0.2, -0.15) is 13.2 Å². The van der Waals surface area contributed by atoms with Crippen LogP contribution in [-0.2, 0) is 15.8 Å². The zero-order valence-electron chi connectivity index (χ0n) is 12.4. The molecule has 2 amide bonds. The number of rotatable bonds is 2. The summed E-state index contributed by atoms with van der Waals surface area (Å²) in [6.07, 6.45) is -4.65. The van der Waals surface area contributed by atoms with Crippen LogP contribution in [-0.4, -0.2) is 11.8 Å². The second-order valence-corrected chi connectivity index (χ2v) is 5.35. The van der Waals surface area contributed by atoms with E-state index in [2.05, 4.69) is 5.32 Å². The molecule has 0 unspecified atom stereocenters. The summed E-state index contributed by atoms with van der Waals surface area (Å²) in [7, 11) is 0. The van der Waals surface area contributed by atoms with E-state index in [1.807, 2.05) is 5.32 Å². The summed E-state index contributed by atoms with van der Waals surface area (Å²) >= 11 is 5.78. The Balaban J connectivity index is 2.14. The highest BCUT2D eigenvalue weighted by Gasteiger charge is 2.34. The Hall–Kier alpha value is -2.54. The lowest BCUT2D eigenvalue weighted by atomic mass is 10.1. The molecule has 0 saturated carbocycles.